The second-order valence-corrected chi connectivity index (χ2v) is 18.6. The molecule has 2 aliphatic rings. The van der Waals surface area contributed by atoms with Crippen LogP contribution in [0.25, 0.3) is 0 Å². The summed E-state index contributed by atoms with van der Waals surface area (Å²) in [6.45, 7) is 2.69. The van der Waals surface area contributed by atoms with Gasteiger partial charge in [-0.1, -0.05) is 178 Å². The number of carbonyl (C=O) groups excluding carboxylic acids is 1. The van der Waals surface area contributed by atoms with Crippen molar-refractivity contribution in [2.75, 3.05) is 19.8 Å². The van der Waals surface area contributed by atoms with Gasteiger partial charge in [0.1, 0.15) is 48.8 Å². The van der Waals surface area contributed by atoms with E-state index in [9.17, 15) is 45.6 Å². The third kappa shape index (κ3) is 26.7. The fourth-order valence-corrected chi connectivity index (χ4v) is 8.52. The van der Waals surface area contributed by atoms with Gasteiger partial charge in [0, 0.05) is 6.42 Å². The van der Waals surface area contributed by atoms with Crippen molar-refractivity contribution in [3.63, 3.8) is 0 Å². The maximum absolute atomic E-state index is 13.2. The number of allylic oxidation sites excluding steroid dienone is 8. The van der Waals surface area contributed by atoms with Gasteiger partial charge in [0.25, 0.3) is 0 Å². The molecule has 0 aromatic rings. The van der Waals surface area contributed by atoms with Gasteiger partial charge in [-0.05, 0) is 51.4 Å². The molecule has 0 saturated carbocycles. The Morgan fingerprint density at radius 1 is 0.552 bits per heavy atom. The third-order valence-corrected chi connectivity index (χ3v) is 12.8. The first-order chi connectivity index (χ1) is 32.6. The van der Waals surface area contributed by atoms with Crippen molar-refractivity contribution in [2.24, 2.45) is 0 Å². The summed E-state index contributed by atoms with van der Waals surface area (Å²) in [4.78, 5) is 13.2. The second kappa shape index (κ2) is 39.6. The third-order valence-electron chi connectivity index (χ3n) is 12.8. The average Bonchev–Trinajstić information content (AvgIpc) is 3.32. The summed E-state index contributed by atoms with van der Waals surface area (Å²) in [6, 6.07) is -0.828. The van der Waals surface area contributed by atoms with E-state index in [2.05, 4.69) is 67.8 Å². The number of ether oxygens (including phenoxy) is 4. The normalized spacial score (nSPS) is 27.0. The minimum Gasteiger partial charge on any atom is -0.394 e. The Labute approximate surface area is 403 Å². The van der Waals surface area contributed by atoms with Crippen LogP contribution in [0.1, 0.15) is 187 Å². The van der Waals surface area contributed by atoms with Crippen LogP contribution in [-0.4, -0.2) is 140 Å². The van der Waals surface area contributed by atoms with Crippen LogP contribution in [0.4, 0.5) is 0 Å². The van der Waals surface area contributed by atoms with E-state index in [1.54, 1.807) is 0 Å². The number of aliphatic hydroxyl groups is 8. The standard InChI is InChI=1S/C53H95NO13/c1-3-5-7-9-11-13-14-15-16-17-18-19-20-21-22-23-24-25-26-27-28-29-31-33-35-37-45(58)54-41(42(57)36-34-32-30-12-10-8-6-4-2)40-64-52-50(63)48(61)51(44(39-56)66-52)67-53-49(62)47(60)46(59)43(38-55)65-53/h5,7,11,13,15-16,18-19,41-44,46-53,55-57,59-63H,3-4,6,8-10,12,14,17,20-40H2,1-2H3,(H,54,58)/b7-5-,13-11-,16-15-,19-18-. The van der Waals surface area contributed by atoms with Gasteiger partial charge in [0.15, 0.2) is 12.6 Å². The second-order valence-electron chi connectivity index (χ2n) is 18.6. The minimum absolute atomic E-state index is 0.214. The molecule has 390 valence electrons. The number of unbranched alkanes of at least 4 members (excludes halogenated alkanes) is 19. The molecule has 12 atom stereocenters. The predicted molar refractivity (Wildman–Crippen MR) is 263 cm³/mol. The van der Waals surface area contributed by atoms with Gasteiger partial charge in [-0.3, -0.25) is 4.79 Å². The maximum Gasteiger partial charge on any atom is 0.220 e. The number of aliphatic hydroxyl groups excluding tert-OH is 8. The van der Waals surface area contributed by atoms with Crippen molar-refractivity contribution >= 4 is 5.91 Å². The molecule has 2 fully saturated rings. The smallest absolute Gasteiger partial charge is 0.220 e. The van der Waals surface area contributed by atoms with E-state index in [4.69, 9.17) is 18.9 Å². The fourth-order valence-electron chi connectivity index (χ4n) is 8.52. The summed E-state index contributed by atoms with van der Waals surface area (Å²) in [6.07, 6.45) is 30.0. The molecule has 2 saturated heterocycles. The van der Waals surface area contributed by atoms with Crippen LogP contribution in [0.15, 0.2) is 48.6 Å². The van der Waals surface area contributed by atoms with E-state index in [0.717, 1.165) is 83.5 Å². The highest BCUT2D eigenvalue weighted by Gasteiger charge is 2.51. The van der Waals surface area contributed by atoms with Crippen LogP contribution < -0.4 is 5.32 Å². The Morgan fingerprint density at radius 3 is 1.58 bits per heavy atom. The zero-order valence-corrected chi connectivity index (χ0v) is 41.4. The van der Waals surface area contributed by atoms with Gasteiger partial charge >= 0.3 is 0 Å². The molecule has 0 radical (unpaired) electrons. The molecule has 2 aliphatic heterocycles. The van der Waals surface area contributed by atoms with Gasteiger partial charge in [-0.2, -0.15) is 0 Å². The number of rotatable bonds is 40. The zero-order valence-electron chi connectivity index (χ0n) is 41.4. The Morgan fingerprint density at radius 2 is 1.03 bits per heavy atom. The van der Waals surface area contributed by atoms with Gasteiger partial charge in [-0.15, -0.1) is 0 Å². The Bertz CT molecular complexity index is 1310. The Kier molecular flexibility index (Phi) is 36.1. The lowest BCUT2D eigenvalue weighted by molar-refractivity contribution is -0.359. The first kappa shape index (κ1) is 61.1. The molecule has 14 heteroatoms. The molecule has 0 aliphatic carbocycles. The topological polar surface area (TPSA) is 228 Å². The van der Waals surface area contributed by atoms with Crippen molar-refractivity contribution < 1.29 is 64.6 Å². The van der Waals surface area contributed by atoms with Crippen molar-refractivity contribution in [1.82, 2.24) is 5.32 Å². The minimum atomic E-state index is -1.78. The molecule has 14 nitrogen and oxygen atoms in total. The van der Waals surface area contributed by atoms with E-state index in [0.29, 0.717) is 12.8 Å². The number of hydrogen-bond acceptors (Lipinski definition) is 13. The SMILES string of the molecule is CC/C=C\C/C=C\C/C=C\C/C=C\CCCCCCCCCCCCCCC(=O)NC(COC1OC(CO)C(OC2OC(CO)C(O)C(O)C2O)C(O)C1O)C(O)CCCCCCCCCC. The van der Waals surface area contributed by atoms with Gasteiger partial charge in [0.2, 0.25) is 5.91 Å². The lowest BCUT2D eigenvalue weighted by Gasteiger charge is -2.46. The summed E-state index contributed by atoms with van der Waals surface area (Å²) in [7, 11) is 0. The number of amides is 1. The zero-order chi connectivity index (χ0) is 48.9. The van der Waals surface area contributed by atoms with Crippen LogP contribution >= 0.6 is 0 Å². The highest BCUT2D eigenvalue weighted by molar-refractivity contribution is 5.76. The lowest BCUT2D eigenvalue weighted by Crippen LogP contribution is -2.65. The summed E-state index contributed by atoms with van der Waals surface area (Å²) in [5.41, 5.74) is 0. The molecule has 0 spiro atoms. The summed E-state index contributed by atoms with van der Waals surface area (Å²) in [5.74, 6) is -0.214. The number of carbonyl (C=O) groups is 1. The monoisotopic (exact) mass is 954 g/mol. The molecular formula is C53H95NO13. The first-order valence-corrected chi connectivity index (χ1v) is 26.4. The summed E-state index contributed by atoms with van der Waals surface area (Å²) in [5, 5.41) is 86.7. The molecule has 12 unspecified atom stereocenters. The molecule has 0 aromatic carbocycles. The van der Waals surface area contributed by atoms with E-state index in [-0.39, 0.29) is 12.5 Å². The lowest BCUT2D eigenvalue weighted by atomic mass is 9.97. The number of nitrogens with one attached hydrogen (secondary N) is 1. The highest BCUT2D eigenvalue weighted by atomic mass is 16.7. The van der Waals surface area contributed by atoms with Crippen molar-refractivity contribution in [1.29, 1.82) is 0 Å². The van der Waals surface area contributed by atoms with Crippen LogP contribution in [0.3, 0.4) is 0 Å². The Hall–Kier alpha value is -2.05. The van der Waals surface area contributed by atoms with Gasteiger partial charge < -0.3 is 65.1 Å². The summed E-state index contributed by atoms with van der Waals surface area (Å²) < 4.78 is 22.7. The van der Waals surface area contributed by atoms with Crippen molar-refractivity contribution in [3.8, 4) is 0 Å². The van der Waals surface area contributed by atoms with E-state index >= 15 is 0 Å². The molecule has 67 heavy (non-hydrogen) atoms. The molecule has 0 bridgehead atoms. The van der Waals surface area contributed by atoms with E-state index in [1.807, 2.05) is 0 Å². The molecule has 1 amide bonds. The maximum atomic E-state index is 13.2. The van der Waals surface area contributed by atoms with Crippen molar-refractivity contribution in [2.45, 2.75) is 261 Å². The average molecular weight is 954 g/mol. The largest absolute Gasteiger partial charge is 0.394 e. The Balaban J connectivity index is 1.70. The van der Waals surface area contributed by atoms with Crippen LogP contribution in [0.2, 0.25) is 0 Å². The number of hydrogen-bond donors (Lipinski definition) is 9. The highest BCUT2D eigenvalue weighted by Crippen LogP contribution is 2.30. The van der Waals surface area contributed by atoms with Gasteiger partial charge in [0.05, 0.1) is 32.0 Å². The van der Waals surface area contributed by atoms with Crippen LogP contribution in [0.5, 0.6) is 0 Å². The molecule has 0 aromatic heterocycles. The molecule has 2 heterocycles. The molecular weight excluding hydrogens is 859 g/mol. The predicted octanol–water partition coefficient (Wildman–Crippen LogP) is 7.27. The summed E-state index contributed by atoms with van der Waals surface area (Å²) >= 11 is 0. The van der Waals surface area contributed by atoms with Crippen LogP contribution in [0, 0.1) is 0 Å². The fraction of sp³-hybridized carbons (Fsp3) is 0.830. The van der Waals surface area contributed by atoms with Gasteiger partial charge in [-0.25, -0.2) is 0 Å². The quantitative estimate of drug-likeness (QED) is 0.0218. The van der Waals surface area contributed by atoms with Crippen LogP contribution in [-0.2, 0) is 23.7 Å². The first-order valence-electron chi connectivity index (χ1n) is 26.4. The molecule has 9 N–H and O–H groups in total. The van der Waals surface area contributed by atoms with E-state index in [1.165, 1.54) is 77.0 Å². The van der Waals surface area contributed by atoms with Crippen molar-refractivity contribution in [3.05, 3.63) is 48.6 Å². The molecule has 2 rings (SSSR count). The van der Waals surface area contributed by atoms with E-state index < -0.39 is 86.8 Å².